The van der Waals surface area contributed by atoms with Crippen LogP contribution in [0, 0.1) is 12.8 Å². The average Bonchev–Trinajstić information content (AvgIpc) is 3.02. The number of hydrogen-bond donors (Lipinski definition) is 1. The highest BCUT2D eigenvalue weighted by Crippen LogP contribution is 2.39. The Balaban J connectivity index is 1.59. The molecule has 2 aliphatic rings. The molecule has 2 aliphatic heterocycles. The monoisotopic (exact) mass is 395 g/mol. The normalized spacial score (nSPS) is 20.1. The Morgan fingerprint density at radius 3 is 2.48 bits per heavy atom. The largest absolute Gasteiger partial charge is 0.369 e. The molecule has 1 saturated heterocycles. The SMILES string of the molecule is Cc1nn(CCC(C)C)c2c1C(c1ccc(N3CCN(C)CC3)cc1)CC(=O)N2. The molecular formula is C23H33N5O. The first kappa shape index (κ1) is 20.0. The van der Waals surface area contributed by atoms with E-state index in [1.54, 1.807) is 0 Å². The zero-order valence-electron chi connectivity index (χ0n) is 18.1. The molecule has 0 aliphatic carbocycles. The van der Waals surface area contributed by atoms with Gasteiger partial charge in [-0.25, -0.2) is 4.68 Å². The molecule has 6 nitrogen and oxygen atoms in total. The Labute approximate surface area is 173 Å². The summed E-state index contributed by atoms with van der Waals surface area (Å²) in [5.74, 6) is 1.66. The van der Waals surface area contributed by atoms with Gasteiger partial charge in [-0.2, -0.15) is 5.10 Å². The van der Waals surface area contributed by atoms with E-state index in [1.165, 1.54) is 16.8 Å². The number of nitrogens with zero attached hydrogens (tertiary/aromatic N) is 4. The lowest BCUT2D eigenvalue weighted by Crippen LogP contribution is -2.44. The smallest absolute Gasteiger partial charge is 0.226 e. The van der Waals surface area contributed by atoms with Crippen LogP contribution in [-0.4, -0.2) is 53.8 Å². The fourth-order valence-corrected chi connectivity index (χ4v) is 4.42. The van der Waals surface area contributed by atoms with E-state index in [0.29, 0.717) is 12.3 Å². The summed E-state index contributed by atoms with van der Waals surface area (Å²) in [6.45, 7) is 11.7. The van der Waals surface area contributed by atoms with Crippen LogP contribution in [0.15, 0.2) is 24.3 Å². The number of likely N-dealkylation sites (N-methyl/N-ethyl adjacent to an activating group) is 1. The van der Waals surface area contributed by atoms with Gasteiger partial charge in [-0.15, -0.1) is 0 Å². The van der Waals surface area contributed by atoms with Gasteiger partial charge in [-0.05, 0) is 44.0 Å². The Morgan fingerprint density at radius 1 is 1.14 bits per heavy atom. The van der Waals surface area contributed by atoms with Crippen LogP contribution in [0.3, 0.4) is 0 Å². The number of amides is 1. The first-order valence-electron chi connectivity index (χ1n) is 10.8. The van der Waals surface area contributed by atoms with Crippen LogP contribution in [0.5, 0.6) is 0 Å². The van der Waals surface area contributed by atoms with Gasteiger partial charge in [0, 0.05) is 56.3 Å². The van der Waals surface area contributed by atoms with E-state index in [1.807, 2.05) is 4.68 Å². The van der Waals surface area contributed by atoms with Crippen LogP contribution in [0.25, 0.3) is 0 Å². The fourth-order valence-electron chi connectivity index (χ4n) is 4.42. The van der Waals surface area contributed by atoms with E-state index in [0.717, 1.165) is 50.7 Å². The number of aryl methyl sites for hydroxylation is 2. The van der Waals surface area contributed by atoms with Crippen LogP contribution in [0.2, 0.25) is 0 Å². The molecule has 1 aromatic heterocycles. The van der Waals surface area contributed by atoms with Crippen LogP contribution < -0.4 is 10.2 Å². The highest BCUT2D eigenvalue weighted by Gasteiger charge is 2.32. The third-order valence-corrected chi connectivity index (χ3v) is 6.25. The Hall–Kier alpha value is -2.34. The minimum atomic E-state index is 0.0769. The summed E-state index contributed by atoms with van der Waals surface area (Å²) >= 11 is 0. The van der Waals surface area contributed by atoms with Crippen molar-refractivity contribution >= 4 is 17.4 Å². The lowest BCUT2D eigenvalue weighted by atomic mass is 9.85. The van der Waals surface area contributed by atoms with Gasteiger partial charge >= 0.3 is 0 Å². The summed E-state index contributed by atoms with van der Waals surface area (Å²) in [6, 6.07) is 8.83. The highest BCUT2D eigenvalue weighted by molar-refractivity contribution is 5.94. The maximum absolute atomic E-state index is 12.5. The molecule has 2 aromatic rings. The van der Waals surface area contributed by atoms with Crippen molar-refractivity contribution < 1.29 is 4.79 Å². The van der Waals surface area contributed by atoms with E-state index in [-0.39, 0.29) is 11.8 Å². The second-order valence-electron chi connectivity index (χ2n) is 8.94. The predicted molar refractivity (Wildman–Crippen MR) is 118 cm³/mol. The first-order chi connectivity index (χ1) is 13.9. The van der Waals surface area contributed by atoms with E-state index in [4.69, 9.17) is 5.10 Å². The van der Waals surface area contributed by atoms with E-state index in [9.17, 15) is 4.79 Å². The third kappa shape index (κ3) is 4.17. The number of piperazine rings is 1. The van der Waals surface area contributed by atoms with Gasteiger partial charge in [-0.1, -0.05) is 26.0 Å². The van der Waals surface area contributed by atoms with Crippen LogP contribution >= 0.6 is 0 Å². The lowest BCUT2D eigenvalue weighted by molar-refractivity contribution is -0.116. The van der Waals surface area contributed by atoms with Crippen molar-refractivity contribution in [3.8, 4) is 0 Å². The third-order valence-electron chi connectivity index (χ3n) is 6.25. The molecule has 4 rings (SSSR count). The van der Waals surface area contributed by atoms with Crippen molar-refractivity contribution in [2.75, 3.05) is 43.4 Å². The minimum absolute atomic E-state index is 0.0769. The van der Waals surface area contributed by atoms with E-state index < -0.39 is 0 Å². The number of anilines is 2. The molecule has 1 aromatic carbocycles. The first-order valence-corrected chi connectivity index (χ1v) is 10.8. The molecule has 3 heterocycles. The molecule has 1 N–H and O–H groups in total. The van der Waals surface area contributed by atoms with Gasteiger partial charge in [0.2, 0.25) is 5.91 Å². The molecule has 0 saturated carbocycles. The van der Waals surface area contributed by atoms with Gasteiger partial charge in [-0.3, -0.25) is 4.79 Å². The summed E-state index contributed by atoms with van der Waals surface area (Å²) in [4.78, 5) is 17.3. The van der Waals surface area contributed by atoms with Crippen LogP contribution in [0.1, 0.15) is 49.4 Å². The molecule has 6 heteroatoms. The fraction of sp³-hybridized carbons (Fsp3) is 0.565. The molecule has 156 valence electrons. The van der Waals surface area contributed by atoms with Crippen LogP contribution in [0.4, 0.5) is 11.5 Å². The van der Waals surface area contributed by atoms with Gasteiger partial charge in [0.05, 0.1) is 5.69 Å². The molecule has 1 atom stereocenters. The van der Waals surface area contributed by atoms with Gasteiger partial charge in [0.15, 0.2) is 0 Å². The molecule has 1 fully saturated rings. The zero-order chi connectivity index (χ0) is 20.5. The second kappa shape index (κ2) is 8.19. The number of fused-ring (bicyclic) bond motifs is 1. The molecule has 0 spiro atoms. The highest BCUT2D eigenvalue weighted by atomic mass is 16.1. The summed E-state index contributed by atoms with van der Waals surface area (Å²) in [7, 11) is 2.18. The Morgan fingerprint density at radius 2 is 1.83 bits per heavy atom. The maximum atomic E-state index is 12.5. The number of carbonyl (C=O) groups excluding carboxylic acids is 1. The number of carbonyl (C=O) groups is 1. The molecular weight excluding hydrogens is 362 g/mol. The quantitative estimate of drug-likeness (QED) is 0.842. The van der Waals surface area contributed by atoms with E-state index >= 15 is 0 Å². The lowest BCUT2D eigenvalue weighted by Gasteiger charge is -2.34. The molecule has 29 heavy (non-hydrogen) atoms. The van der Waals surface area contributed by atoms with Crippen molar-refractivity contribution in [3.63, 3.8) is 0 Å². The zero-order valence-corrected chi connectivity index (χ0v) is 18.1. The number of aromatic nitrogens is 2. The number of benzene rings is 1. The van der Waals surface area contributed by atoms with Crippen LogP contribution in [-0.2, 0) is 11.3 Å². The average molecular weight is 396 g/mol. The minimum Gasteiger partial charge on any atom is -0.369 e. The summed E-state index contributed by atoms with van der Waals surface area (Å²) in [5, 5.41) is 7.85. The summed E-state index contributed by atoms with van der Waals surface area (Å²) < 4.78 is 1.99. The number of hydrogen-bond acceptors (Lipinski definition) is 4. The van der Waals surface area contributed by atoms with Crippen molar-refractivity contribution in [3.05, 3.63) is 41.1 Å². The van der Waals surface area contributed by atoms with Gasteiger partial charge in [0.1, 0.15) is 5.82 Å². The molecule has 0 bridgehead atoms. The van der Waals surface area contributed by atoms with Crippen molar-refractivity contribution in [1.82, 2.24) is 14.7 Å². The standard InChI is InChI=1S/C23H33N5O/c1-16(2)9-10-28-23-22(17(3)25-28)20(15-21(29)24-23)18-5-7-19(8-6-18)27-13-11-26(4)12-14-27/h5-8,16,20H,9-15H2,1-4H3,(H,24,29). The predicted octanol–water partition coefficient (Wildman–Crippen LogP) is 3.46. The van der Waals surface area contributed by atoms with Crippen molar-refractivity contribution in [1.29, 1.82) is 0 Å². The van der Waals surface area contributed by atoms with Crippen molar-refractivity contribution in [2.45, 2.75) is 46.1 Å². The topological polar surface area (TPSA) is 53.4 Å². The second-order valence-corrected chi connectivity index (χ2v) is 8.94. The van der Waals surface area contributed by atoms with E-state index in [2.05, 4.69) is 67.2 Å². The molecule has 0 radical (unpaired) electrons. The summed E-state index contributed by atoms with van der Waals surface area (Å²) in [6.07, 6.45) is 1.53. The Bertz CT molecular complexity index is 862. The molecule has 1 amide bonds. The van der Waals surface area contributed by atoms with Gasteiger partial charge in [0.25, 0.3) is 0 Å². The number of nitrogens with one attached hydrogen (secondary N) is 1. The number of rotatable bonds is 5. The summed E-state index contributed by atoms with van der Waals surface area (Å²) in [5.41, 5.74) is 4.68. The Kier molecular flexibility index (Phi) is 5.63. The molecule has 1 unspecified atom stereocenters. The maximum Gasteiger partial charge on any atom is 0.226 e. The van der Waals surface area contributed by atoms with Gasteiger partial charge < -0.3 is 15.1 Å². The van der Waals surface area contributed by atoms with Crippen molar-refractivity contribution in [2.24, 2.45) is 5.92 Å².